The molecule has 0 spiro atoms. The first-order valence-electron chi connectivity index (χ1n) is 10.1. The maximum atomic E-state index is 12.9. The summed E-state index contributed by atoms with van der Waals surface area (Å²) in [6, 6.07) is 11.5. The third-order valence-electron chi connectivity index (χ3n) is 5.01. The number of nitrogens with one attached hydrogen (secondary N) is 3. The van der Waals surface area contributed by atoms with Gasteiger partial charge in [0.1, 0.15) is 11.8 Å². The number of hydrogen-bond acceptors (Lipinski definition) is 5. The van der Waals surface area contributed by atoms with Gasteiger partial charge in [0.2, 0.25) is 5.91 Å². The van der Waals surface area contributed by atoms with E-state index in [4.69, 9.17) is 16.0 Å². The number of rotatable bonds is 8. The Morgan fingerprint density at radius 2 is 1.82 bits per heavy atom. The summed E-state index contributed by atoms with van der Waals surface area (Å²) in [7, 11) is -3.97. The van der Waals surface area contributed by atoms with E-state index in [-0.39, 0.29) is 22.0 Å². The molecule has 1 unspecified atom stereocenters. The Kier molecular flexibility index (Phi) is 7.45. The number of carbonyl (C=O) groups excluding carboxylic acids is 2. The number of furan rings is 1. The minimum Gasteiger partial charge on any atom is -0.467 e. The predicted octanol–water partition coefficient (Wildman–Crippen LogP) is 3.79. The molecule has 2 aromatic carbocycles. The van der Waals surface area contributed by atoms with Crippen LogP contribution in [0.3, 0.4) is 0 Å². The first-order chi connectivity index (χ1) is 15.6. The van der Waals surface area contributed by atoms with Gasteiger partial charge in [-0.1, -0.05) is 17.7 Å². The minimum absolute atomic E-state index is 0.0563. The first-order valence-corrected chi connectivity index (χ1v) is 11.9. The normalized spacial score (nSPS) is 12.1. The average Bonchev–Trinajstić information content (AvgIpc) is 3.28. The molecule has 3 aromatic rings. The second kappa shape index (κ2) is 10.1. The summed E-state index contributed by atoms with van der Waals surface area (Å²) in [5.41, 5.74) is 2.31. The van der Waals surface area contributed by atoms with Crippen LogP contribution in [0.2, 0.25) is 5.02 Å². The van der Waals surface area contributed by atoms with Crippen molar-refractivity contribution in [3.05, 3.63) is 82.3 Å². The van der Waals surface area contributed by atoms with Gasteiger partial charge in [-0.3, -0.25) is 14.3 Å². The Morgan fingerprint density at radius 3 is 2.48 bits per heavy atom. The largest absolute Gasteiger partial charge is 0.467 e. The van der Waals surface area contributed by atoms with E-state index in [1.165, 1.54) is 31.4 Å². The molecule has 8 nitrogen and oxygen atoms in total. The van der Waals surface area contributed by atoms with Gasteiger partial charge in [0, 0.05) is 5.69 Å². The van der Waals surface area contributed by atoms with Crippen molar-refractivity contribution in [1.82, 2.24) is 10.6 Å². The fraction of sp³-hybridized carbons (Fsp3) is 0.217. The molecular weight excluding hydrogens is 466 g/mol. The van der Waals surface area contributed by atoms with Crippen LogP contribution in [0.4, 0.5) is 5.69 Å². The van der Waals surface area contributed by atoms with Crippen LogP contribution in [0.25, 0.3) is 0 Å². The summed E-state index contributed by atoms with van der Waals surface area (Å²) in [6.07, 6.45) is 1.49. The second-order valence-corrected chi connectivity index (χ2v) is 9.63. The summed E-state index contributed by atoms with van der Waals surface area (Å²) in [6.45, 7) is 5.48. The highest BCUT2D eigenvalue weighted by atomic mass is 35.5. The van der Waals surface area contributed by atoms with Gasteiger partial charge in [-0.2, -0.15) is 0 Å². The van der Waals surface area contributed by atoms with E-state index in [1.807, 2.05) is 19.9 Å². The zero-order valence-electron chi connectivity index (χ0n) is 18.3. The van der Waals surface area contributed by atoms with Crippen molar-refractivity contribution in [3.63, 3.8) is 0 Å². The molecule has 0 aliphatic carbocycles. The molecule has 0 radical (unpaired) electrons. The monoisotopic (exact) mass is 489 g/mol. The summed E-state index contributed by atoms with van der Waals surface area (Å²) in [5, 5.41) is 5.23. The molecule has 174 valence electrons. The van der Waals surface area contributed by atoms with Gasteiger partial charge in [-0.25, -0.2) is 8.42 Å². The Bertz CT molecular complexity index is 1270. The molecule has 1 atom stereocenters. The summed E-state index contributed by atoms with van der Waals surface area (Å²) >= 11 is 6.14. The maximum Gasteiger partial charge on any atom is 0.261 e. The Balaban J connectivity index is 1.72. The van der Waals surface area contributed by atoms with E-state index in [0.29, 0.717) is 11.4 Å². The van der Waals surface area contributed by atoms with Gasteiger partial charge in [-0.15, -0.1) is 0 Å². The zero-order valence-corrected chi connectivity index (χ0v) is 19.9. The Labute approximate surface area is 197 Å². The highest BCUT2D eigenvalue weighted by Gasteiger charge is 2.22. The predicted molar refractivity (Wildman–Crippen MR) is 126 cm³/mol. The number of anilines is 1. The van der Waals surface area contributed by atoms with Crippen molar-refractivity contribution in [3.8, 4) is 0 Å². The molecule has 10 heteroatoms. The number of halogens is 1. The smallest absolute Gasteiger partial charge is 0.261 e. The van der Waals surface area contributed by atoms with E-state index in [0.717, 1.165) is 11.1 Å². The summed E-state index contributed by atoms with van der Waals surface area (Å²) < 4.78 is 33.4. The molecule has 0 aliphatic rings. The topological polar surface area (TPSA) is 118 Å². The van der Waals surface area contributed by atoms with E-state index in [9.17, 15) is 18.0 Å². The van der Waals surface area contributed by atoms with Crippen LogP contribution < -0.4 is 15.4 Å². The number of carbonyl (C=O) groups is 2. The van der Waals surface area contributed by atoms with Gasteiger partial charge in [0.15, 0.2) is 0 Å². The lowest BCUT2D eigenvalue weighted by atomic mass is 10.1. The molecule has 2 amide bonds. The van der Waals surface area contributed by atoms with Crippen LogP contribution in [0, 0.1) is 13.8 Å². The minimum atomic E-state index is -3.97. The second-order valence-electron chi connectivity index (χ2n) is 7.54. The van der Waals surface area contributed by atoms with E-state index < -0.39 is 27.9 Å². The quantitative estimate of drug-likeness (QED) is 0.445. The van der Waals surface area contributed by atoms with Gasteiger partial charge < -0.3 is 15.1 Å². The molecule has 3 N–H and O–H groups in total. The molecule has 3 rings (SSSR count). The fourth-order valence-electron chi connectivity index (χ4n) is 2.94. The van der Waals surface area contributed by atoms with Crippen LogP contribution in [0.15, 0.2) is 64.1 Å². The number of hydrogen-bond donors (Lipinski definition) is 3. The van der Waals surface area contributed by atoms with E-state index in [2.05, 4.69) is 15.4 Å². The van der Waals surface area contributed by atoms with E-state index in [1.54, 1.807) is 24.3 Å². The average molecular weight is 490 g/mol. The van der Waals surface area contributed by atoms with Gasteiger partial charge in [-0.05, 0) is 74.4 Å². The highest BCUT2D eigenvalue weighted by Crippen LogP contribution is 2.23. The van der Waals surface area contributed by atoms with Crippen molar-refractivity contribution < 1.29 is 22.4 Å². The molecule has 0 saturated carbocycles. The zero-order chi connectivity index (χ0) is 24.2. The third kappa shape index (κ3) is 6.15. The SMILES string of the molecule is Cc1ccc(NS(=O)(=O)c2ccc(Cl)c(C(=O)NC(C)C(=O)NCc3ccco3)c2)cc1C. The van der Waals surface area contributed by atoms with Crippen LogP contribution in [0.1, 0.15) is 34.2 Å². The molecule has 33 heavy (non-hydrogen) atoms. The maximum absolute atomic E-state index is 12.9. The lowest BCUT2D eigenvalue weighted by Crippen LogP contribution is -2.44. The van der Waals surface area contributed by atoms with Crippen molar-refractivity contribution in [2.45, 2.75) is 38.3 Å². The lowest BCUT2D eigenvalue weighted by molar-refractivity contribution is -0.122. The van der Waals surface area contributed by atoms with Crippen LogP contribution in [-0.4, -0.2) is 26.3 Å². The molecule has 0 fully saturated rings. The van der Waals surface area contributed by atoms with Crippen molar-refractivity contribution in [2.24, 2.45) is 0 Å². The highest BCUT2D eigenvalue weighted by molar-refractivity contribution is 7.92. The number of aryl methyl sites for hydroxylation is 2. The van der Waals surface area contributed by atoms with Crippen LogP contribution >= 0.6 is 11.6 Å². The van der Waals surface area contributed by atoms with Gasteiger partial charge in [0.25, 0.3) is 15.9 Å². The van der Waals surface area contributed by atoms with Crippen molar-refractivity contribution in [2.75, 3.05) is 4.72 Å². The van der Waals surface area contributed by atoms with Gasteiger partial charge >= 0.3 is 0 Å². The number of benzene rings is 2. The van der Waals surface area contributed by atoms with Crippen LogP contribution in [-0.2, 0) is 21.4 Å². The van der Waals surface area contributed by atoms with Crippen molar-refractivity contribution in [1.29, 1.82) is 0 Å². The Morgan fingerprint density at radius 1 is 1.06 bits per heavy atom. The molecular formula is C23H24ClN3O5S. The lowest BCUT2D eigenvalue weighted by Gasteiger charge is -2.15. The molecule has 0 saturated heterocycles. The number of amides is 2. The molecule has 1 heterocycles. The molecule has 1 aromatic heterocycles. The third-order valence-corrected chi connectivity index (χ3v) is 6.72. The standard InChI is InChI=1S/C23H24ClN3O5S/c1-14-6-7-17(11-15(14)2)27-33(30,31)19-8-9-21(24)20(12-19)23(29)26-16(3)22(28)25-13-18-5-4-10-32-18/h4-12,16,27H,13H2,1-3H3,(H,25,28)(H,26,29). The summed E-state index contributed by atoms with van der Waals surface area (Å²) in [4.78, 5) is 24.9. The Hall–Kier alpha value is -3.30. The summed E-state index contributed by atoms with van der Waals surface area (Å²) in [5.74, 6) is -0.543. The molecule has 0 aliphatic heterocycles. The van der Waals surface area contributed by atoms with Gasteiger partial charge in [0.05, 0.1) is 28.3 Å². The number of sulfonamides is 1. The fourth-order valence-corrected chi connectivity index (χ4v) is 4.22. The van der Waals surface area contributed by atoms with Crippen molar-refractivity contribution >= 4 is 39.1 Å². The first kappa shape index (κ1) is 24.3. The van der Waals surface area contributed by atoms with E-state index >= 15 is 0 Å². The molecule has 0 bridgehead atoms. The van der Waals surface area contributed by atoms with Crippen LogP contribution in [0.5, 0.6) is 0 Å².